The Labute approximate surface area is 113 Å². The van der Waals surface area contributed by atoms with E-state index >= 15 is 0 Å². The van der Waals surface area contributed by atoms with Gasteiger partial charge in [-0.2, -0.15) is 5.26 Å². The third-order valence-corrected chi connectivity index (χ3v) is 3.14. The van der Waals surface area contributed by atoms with E-state index in [-0.39, 0.29) is 0 Å². The van der Waals surface area contributed by atoms with Crippen LogP contribution in [0.25, 0.3) is 0 Å². The Hall–Kier alpha value is -2.34. The Bertz CT molecular complexity index is 584. The molecule has 1 unspecified atom stereocenters. The van der Waals surface area contributed by atoms with Crippen LogP contribution in [0.1, 0.15) is 37.4 Å². The molecule has 0 aliphatic carbocycles. The largest absolute Gasteiger partial charge is 0.455 e. The van der Waals surface area contributed by atoms with E-state index in [9.17, 15) is 0 Å². The van der Waals surface area contributed by atoms with Gasteiger partial charge in [0.2, 0.25) is 0 Å². The van der Waals surface area contributed by atoms with Gasteiger partial charge in [0.25, 0.3) is 0 Å². The Morgan fingerprint density at radius 1 is 1.26 bits per heavy atom. The zero-order valence-corrected chi connectivity index (χ0v) is 11.1. The second-order valence-electron chi connectivity index (χ2n) is 4.44. The molecule has 1 aromatic carbocycles. The van der Waals surface area contributed by atoms with Gasteiger partial charge in [0.1, 0.15) is 23.3 Å². The minimum Gasteiger partial charge on any atom is -0.455 e. The predicted molar refractivity (Wildman–Crippen MR) is 74.2 cm³/mol. The first kappa shape index (κ1) is 13.1. The van der Waals surface area contributed by atoms with Crippen molar-refractivity contribution in [1.82, 2.24) is 4.98 Å². The van der Waals surface area contributed by atoms with E-state index in [0.717, 1.165) is 12.2 Å². The van der Waals surface area contributed by atoms with Crippen LogP contribution in [0, 0.1) is 11.3 Å². The van der Waals surface area contributed by atoms with E-state index < -0.39 is 0 Å². The smallest absolute Gasteiger partial charge is 0.145 e. The number of nitrogens with zero attached hydrogens (tertiary/aromatic N) is 2. The highest BCUT2D eigenvalue weighted by Gasteiger charge is 2.10. The van der Waals surface area contributed by atoms with Gasteiger partial charge in [-0.05, 0) is 36.1 Å². The molecule has 0 amide bonds. The van der Waals surface area contributed by atoms with Crippen molar-refractivity contribution in [3.8, 4) is 17.6 Å². The van der Waals surface area contributed by atoms with Gasteiger partial charge in [-0.25, -0.2) is 4.98 Å². The van der Waals surface area contributed by atoms with E-state index in [1.54, 1.807) is 18.3 Å². The number of hydrogen-bond acceptors (Lipinski definition) is 3. The maximum Gasteiger partial charge on any atom is 0.145 e. The molecule has 0 N–H and O–H groups in total. The number of nitriles is 1. The van der Waals surface area contributed by atoms with Crippen molar-refractivity contribution in [3.05, 3.63) is 53.9 Å². The number of benzene rings is 1. The normalized spacial score (nSPS) is 11.6. The average Bonchev–Trinajstić information content (AvgIpc) is 2.48. The number of aromatic nitrogens is 1. The van der Waals surface area contributed by atoms with Crippen LogP contribution in [0.4, 0.5) is 0 Å². The molecule has 1 atom stereocenters. The van der Waals surface area contributed by atoms with Gasteiger partial charge in [-0.3, -0.25) is 0 Å². The summed E-state index contributed by atoms with van der Waals surface area (Å²) in [5, 5.41) is 8.71. The molecule has 96 valence electrons. The van der Waals surface area contributed by atoms with Crippen molar-refractivity contribution in [1.29, 1.82) is 5.26 Å². The van der Waals surface area contributed by atoms with Crippen LogP contribution < -0.4 is 4.74 Å². The van der Waals surface area contributed by atoms with E-state index in [0.29, 0.717) is 17.4 Å². The predicted octanol–water partition coefficient (Wildman–Crippen LogP) is 4.26. The minimum atomic E-state index is 0.391. The van der Waals surface area contributed by atoms with Gasteiger partial charge in [-0.1, -0.05) is 32.0 Å². The lowest BCUT2D eigenvalue weighted by Crippen LogP contribution is -1.96. The molecule has 0 bridgehead atoms. The van der Waals surface area contributed by atoms with Gasteiger partial charge in [0, 0.05) is 0 Å². The summed E-state index contributed by atoms with van der Waals surface area (Å²) < 4.78 is 5.86. The molecule has 1 aromatic heterocycles. The lowest BCUT2D eigenvalue weighted by molar-refractivity contribution is 0.468. The summed E-state index contributed by atoms with van der Waals surface area (Å²) in [7, 11) is 0. The average molecular weight is 252 g/mol. The molecule has 0 fully saturated rings. The second-order valence-corrected chi connectivity index (χ2v) is 4.44. The fraction of sp³-hybridized carbons (Fsp3) is 0.250. The molecule has 3 heteroatoms. The highest BCUT2D eigenvalue weighted by molar-refractivity contribution is 5.39. The van der Waals surface area contributed by atoms with Crippen LogP contribution in [0.3, 0.4) is 0 Å². The summed E-state index contributed by atoms with van der Waals surface area (Å²) in [6.45, 7) is 4.34. The van der Waals surface area contributed by atoms with Crippen molar-refractivity contribution in [2.75, 3.05) is 0 Å². The Morgan fingerprint density at radius 3 is 2.68 bits per heavy atom. The summed E-state index contributed by atoms with van der Waals surface area (Å²) in [4.78, 5) is 4.00. The Morgan fingerprint density at radius 2 is 2.05 bits per heavy atom. The van der Waals surface area contributed by atoms with E-state index in [4.69, 9.17) is 10.00 Å². The molecule has 0 saturated carbocycles. The molecule has 0 aliphatic rings. The fourth-order valence-electron chi connectivity index (χ4n) is 1.83. The summed E-state index contributed by atoms with van der Waals surface area (Å²) in [6.07, 6.45) is 2.64. The van der Waals surface area contributed by atoms with Crippen molar-refractivity contribution in [2.24, 2.45) is 0 Å². The van der Waals surface area contributed by atoms with E-state index in [1.807, 2.05) is 24.3 Å². The summed E-state index contributed by atoms with van der Waals surface area (Å²) in [6, 6.07) is 13.4. The molecule has 0 radical (unpaired) electrons. The van der Waals surface area contributed by atoms with Gasteiger partial charge in [-0.15, -0.1) is 0 Å². The third-order valence-electron chi connectivity index (χ3n) is 3.14. The lowest BCUT2D eigenvalue weighted by Gasteiger charge is -2.15. The summed E-state index contributed by atoms with van der Waals surface area (Å²) in [5.41, 5.74) is 1.58. The maximum atomic E-state index is 8.71. The third kappa shape index (κ3) is 3.11. The van der Waals surface area contributed by atoms with Gasteiger partial charge in [0.05, 0.1) is 6.20 Å². The van der Waals surface area contributed by atoms with Crippen LogP contribution in [0.5, 0.6) is 11.5 Å². The Balaban J connectivity index is 2.25. The molecule has 2 rings (SSSR count). The second kappa shape index (κ2) is 6.01. The number of rotatable bonds is 4. The lowest BCUT2D eigenvalue weighted by atomic mass is 9.98. The molecule has 2 aromatic rings. The van der Waals surface area contributed by atoms with Crippen molar-refractivity contribution < 1.29 is 4.74 Å². The molecule has 0 aliphatic heterocycles. The van der Waals surface area contributed by atoms with Crippen LogP contribution in [-0.2, 0) is 0 Å². The van der Waals surface area contributed by atoms with Crippen molar-refractivity contribution in [3.63, 3.8) is 0 Å². The molecule has 0 spiro atoms. The number of ether oxygens (including phenoxy) is 1. The number of para-hydroxylation sites is 1. The highest BCUT2D eigenvalue weighted by Crippen LogP contribution is 2.31. The van der Waals surface area contributed by atoms with Crippen LogP contribution in [0.15, 0.2) is 42.6 Å². The standard InChI is InChI=1S/C16H16N2O/c1-3-12(2)15-6-4-5-7-16(15)19-14-9-8-13(10-17)18-11-14/h4-9,11-12H,3H2,1-2H3. The maximum absolute atomic E-state index is 8.71. The molecule has 1 heterocycles. The van der Waals surface area contributed by atoms with Crippen molar-refractivity contribution in [2.45, 2.75) is 26.2 Å². The van der Waals surface area contributed by atoms with Crippen LogP contribution in [-0.4, -0.2) is 4.98 Å². The number of pyridine rings is 1. The fourth-order valence-corrected chi connectivity index (χ4v) is 1.83. The topological polar surface area (TPSA) is 45.9 Å². The van der Waals surface area contributed by atoms with Crippen molar-refractivity contribution >= 4 is 0 Å². The monoisotopic (exact) mass is 252 g/mol. The molecule has 0 saturated heterocycles. The number of hydrogen-bond donors (Lipinski definition) is 0. The molecular weight excluding hydrogens is 236 g/mol. The highest BCUT2D eigenvalue weighted by atomic mass is 16.5. The zero-order valence-electron chi connectivity index (χ0n) is 11.1. The Kier molecular flexibility index (Phi) is 4.15. The first-order chi connectivity index (χ1) is 9.24. The first-order valence-corrected chi connectivity index (χ1v) is 6.37. The molecule has 3 nitrogen and oxygen atoms in total. The first-order valence-electron chi connectivity index (χ1n) is 6.37. The van der Waals surface area contributed by atoms with E-state index in [2.05, 4.69) is 24.9 Å². The zero-order chi connectivity index (χ0) is 13.7. The van der Waals surface area contributed by atoms with Gasteiger partial charge in [0.15, 0.2) is 0 Å². The van der Waals surface area contributed by atoms with Crippen LogP contribution >= 0.6 is 0 Å². The summed E-state index contributed by atoms with van der Waals surface area (Å²) in [5.74, 6) is 1.95. The quantitative estimate of drug-likeness (QED) is 0.816. The van der Waals surface area contributed by atoms with E-state index in [1.165, 1.54) is 5.56 Å². The molecular formula is C16H16N2O. The van der Waals surface area contributed by atoms with Gasteiger partial charge >= 0.3 is 0 Å². The van der Waals surface area contributed by atoms with Gasteiger partial charge < -0.3 is 4.74 Å². The summed E-state index contributed by atoms with van der Waals surface area (Å²) >= 11 is 0. The SMILES string of the molecule is CCC(C)c1ccccc1Oc1ccc(C#N)nc1. The minimum absolute atomic E-state index is 0.391. The molecule has 19 heavy (non-hydrogen) atoms. The van der Waals surface area contributed by atoms with Crippen LogP contribution in [0.2, 0.25) is 0 Å².